The molecule has 1 nitrogen and oxygen atoms in total. The van der Waals surface area contributed by atoms with Crippen LogP contribution in [-0.2, 0) is 0 Å². The summed E-state index contributed by atoms with van der Waals surface area (Å²) >= 11 is 1.43. The Morgan fingerprint density at radius 1 is 1.00 bits per heavy atom. The lowest BCUT2D eigenvalue weighted by molar-refractivity contribution is 0.500. The summed E-state index contributed by atoms with van der Waals surface area (Å²) in [4.78, 5) is 0.857. The number of nitrogens with one attached hydrogen (secondary N) is 1. The molecule has 1 atom stereocenters. The van der Waals surface area contributed by atoms with E-state index in [0.29, 0.717) is 12.3 Å². The summed E-state index contributed by atoms with van der Waals surface area (Å²) < 4.78 is 40.6. The molecule has 2 rings (SSSR count). The highest BCUT2D eigenvalue weighted by Crippen LogP contribution is 2.28. The zero-order valence-electron chi connectivity index (χ0n) is 11.6. The average molecular weight is 311 g/mol. The van der Waals surface area contributed by atoms with E-state index < -0.39 is 17.7 Å². The van der Waals surface area contributed by atoms with Crippen molar-refractivity contribution in [3.05, 3.63) is 65.5 Å². The van der Waals surface area contributed by atoms with Crippen molar-refractivity contribution >= 4 is 11.8 Å². The van der Waals surface area contributed by atoms with Gasteiger partial charge in [-0.1, -0.05) is 13.0 Å². The van der Waals surface area contributed by atoms with E-state index in [1.165, 1.54) is 42.1 Å². The molecule has 0 bridgehead atoms. The Balaban J connectivity index is 2.14. The van der Waals surface area contributed by atoms with Gasteiger partial charge in [0.15, 0.2) is 0 Å². The molecule has 0 aromatic heterocycles. The van der Waals surface area contributed by atoms with Gasteiger partial charge in [0.05, 0.1) is 0 Å². The van der Waals surface area contributed by atoms with E-state index >= 15 is 0 Å². The number of benzene rings is 2. The smallest absolute Gasteiger partial charge is 0.130 e. The second kappa shape index (κ2) is 7.52. The Morgan fingerprint density at radius 2 is 1.62 bits per heavy atom. The SMILES string of the molecule is CCNC(CSc1ccc(F)cc1)c1c(F)cccc1F. The molecule has 1 N–H and O–H groups in total. The first-order valence-corrected chi connectivity index (χ1v) is 7.66. The minimum Gasteiger partial charge on any atom is -0.309 e. The van der Waals surface area contributed by atoms with Gasteiger partial charge in [0.1, 0.15) is 17.5 Å². The molecule has 0 radical (unpaired) electrons. The van der Waals surface area contributed by atoms with Crippen molar-refractivity contribution < 1.29 is 13.2 Å². The van der Waals surface area contributed by atoms with Gasteiger partial charge >= 0.3 is 0 Å². The van der Waals surface area contributed by atoms with Crippen molar-refractivity contribution in [2.75, 3.05) is 12.3 Å². The van der Waals surface area contributed by atoms with Crippen LogP contribution in [0.1, 0.15) is 18.5 Å². The zero-order chi connectivity index (χ0) is 15.2. The molecule has 0 heterocycles. The van der Waals surface area contributed by atoms with Gasteiger partial charge in [-0.15, -0.1) is 11.8 Å². The average Bonchev–Trinajstić information content (AvgIpc) is 2.46. The van der Waals surface area contributed by atoms with Crippen LogP contribution in [0, 0.1) is 17.5 Å². The molecular weight excluding hydrogens is 295 g/mol. The highest BCUT2D eigenvalue weighted by Gasteiger charge is 2.19. The maximum absolute atomic E-state index is 13.9. The van der Waals surface area contributed by atoms with Gasteiger partial charge in [0.2, 0.25) is 0 Å². The first-order chi connectivity index (χ1) is 10.1. The molecule has 0 spiro atoms. The minimum absolute atomic E-state index is 0.0500. The summed E-state index contributed by atoms with van der Waals surface area (Å²) in [6.45, 7) is 2.48. The number of halogens is 3. The van der Waals surface area contributed by atoms with Crippen LogP contribution in [0.25, 0.3) is 0 Å². The predicted molar refractivity (Wildman–Crippen MR) is 79.9 cm³/mol. The summed E-state index contributed by atoms with van der Waals surface area (Å²) in [6.07, 6.45) is 0. The maximum Gasteiger partial charge on any atom is 0.130 e. The third kappa shape index (κ3) is 4.25. The van der Waals surface area contributed by atoms with E-state index in [-0.39, 0.29) is 11.4 Å². The van der Waals surface area contributed by atoms with Crippen molar-refractivity contribution in [1.29, 1.82) is 0 Å². The largest absolute Gasteiger partial charge is 0.309 e. The fourth-order valence-electron chi connectivity index (χ4n) is 2.04. The summed E-state index contributed by atoms with van der Waals surface area (Å²) in [7, 11) is 0. The minimum atomic E-state index is -0.555. The van der Waals surface area contributed by atoms with Gasteiger partial charge in [-0.3, -0.25) is 0 Å². The monoisotopic (exact) mass is 311 g/mol. The van der Waals surface area contributed by atoms with Crippen molar-refractivity contribution in [1.82, 2.24) is 5.32 Å². The normalized spacial score (nSPS) is 12.4. The molecule has 0 fully saturated rings. The lowest BCUT2D eigenvalue weighted by Crippen LogP contribution is -2.25. The molecule has 2 aromatic rings. The predicted octanol–water partition coefficient (Wildman–Crippen LogP) is 4.55. The van der Waals surface area contributed by atoms with Crippen LogP contribution in [0.3, 0.4) is 0 Å². The zero-order valence-corrected chi connectivity index (χ0v) is 12.4. The molecule has 112 valence electrons. The second-order valence-electron chi connectivity index (χ2n) is 4.51. The van der Waals surface area contributed by atoms with Gasteiger partial charge in [-0.2, -0.15) is 0 Å². The van der Waals surface area contributed by atoms with Crippen LogP contribution in [0.15, 0.2) is 47.4 Å². The molecular formula is C16H16F3NS. The molecule has 5 heteroatoms. The molecule has 2 aromatic carbocycles. The molecule has 0 saturated carbocycles. The number of hydrogen-bond donors (Lipinski definition) is 1. The molecule has 21 heavy (non-hydrogen) atoms. The van der Waals surface area contributed by atoms with Crippen LogP contribution in [-0.4, -0.2) is 12.3 Å². The van der Waals surface area contributed by atoms with Crippen molar-refractivity contribution in [2.45, 2.75) is 17.9 Å². The van der Waals surface area contributed by atoms with Crippen LogP contribution < -0.4 is 5.32 Å². The number of thioether (sulfide) groups is 1. The van der Waals surface area contributed by atoms with E-state index in [1.807, 2.05) is 6.92 Å². The Morgan fingerprint density at radius 3 is 2.19 bits per heavy atom. The molecule has 0 aliphatic rings. The standard InChI is InChI=1S/C16H16F3NS/c1-2-20-15(16-13(18)4-3-5-14(16)19)10-21-12-8-6-11(17)7-9-12/h3-9,15,20H,2,10H2,1H3. The topological polar surface area (TPSA) is 12.0 Å². The molecule has 1 unspecified atom stereocenters. The van der Waals surface area contributed by atoms with E-state index in [4.69, 9.17) is 0 Å². The lowest BCUT2D eigenvalue weighted by atomic mass is 10.1. The maximum atomic E-state index is 13.9. The molecule has 0 aliphatic heterocycles. The van der Waals surface area contributed by atoms with Crippen LogP contribution in [0.4, 0.5) is 13.2 Å². The molecule has 0 saturated heterocycles. The summed E-state index contributed by atoms with van der Waals surface area (Å²) in [5, 5.41) is 3.09. The number of hydrogen-bond acceptors (Lipinski definition) is 2. The molecule has 0 amide bonds. The third-order valence-electron chi connectivity index (χ3n) is 3.03. The summed E-state index contributed by atoms with van der Waals surface area (Å²) in [6, 6.07) is 9.47. The lowest BCUT2D eigenvalue weighted by Gasteiger charge is -2.19. The van der Waals surface area contributed by atoms with Crippen molar-refractivity contribution in [2.24, 2.45) is 0 Å². The van der Waals surface area contributed by atoms with Crippen LogP contribution in [0.5, 0.6) is 0 Å². The van der Waals surface area contributed by atoms with Gasteiger partial charge in [0, 0.05) is 22.3 Å². The Bertz CT molecular complexity index is 566. The van der Waals surface area contributed by atoms with Gasteiger partial charge in [0.25, 0.3) is 0 Å². The van der Waals surface area contributed by atoms with E-state index in [9.17, 15) is 13.2 Å². The highest BCUT2D eigenvalue weighted by molar-refractivity contribution is 7.99. The fourth-order valence-corrected chi connectivity index (χ4v) is 3.02. The van der Waals surface area contributed by atoms with Crippen LogP contribution in [0.2, 0.25) is 0 Å². The first kappa shape index (κ1) is 15.9. The van der Waals surface area contributed by atoms with E-state index in [0.717, 1.165) is 4.90 Å². The van der Waals surface area contributed by atoms with E-state index in [2.05, 4.69) is 5.32 Å². The highest BCUT2D eigenvalue weighted by atomic mass is 32.2. The van der Waals surface area contributed by atoms with E-state index in [1.54, 1.807) is 12.1 Å². The van der Waals surface area contributed by atoms with Crippen molar-refractivity contribution in [3.8, 4) is 0 Å². The van der Waals surface area contributed by atoms with Crippen molar-refractivity contribution in [3.63, 3.8) is 0 Å². The third-order valence-corrected chi connectivity index (χ3v) is 4.13. The van der Waals surface area contributed by atoms with Gasteiger partial charge in [-0.25, -0.2) is 13.2 Å². The number of rotatable bonds is 6. The summed E-state index contributed by atoms with van der Waals surface area (Å²) in [5.74, 6) is -0.957. The first-order valence-electron chi connectivity index (χ1n) is 6.67. The Hall–Kier alpha value is -1.46. The Kier molecular flexibility index (Phi) is 5.70. The Labute approximate surface area is 126 Å². The summed E-state index contributed by atoms with van der Waals surface area (Å²) in [5.41, 5.74) is 0.0500. The van der Waals surface area contributed by atoms with Crippen LogP contribution >= 0.6 is 11.8 Å². The van der Waals surface area contributed by atoms with Gasteiger partial charge in [-0.05, 0) is 42.9 Å². The fraction of sp³-hybridized carbons (Fsp3) is 0.250. The van der Waals surface area contributed by atoms with Gasteiger partial charge < -0.3 is 5.32 Å². The quantitative estimate of drug-likeness (QED) is 0.786. The molecule has 0 aliphatic carbocycles. The second-order valence-corrected chi connectivity index (χ2v) is 5.60.